The van der Waals surface area contributed by atoms with Crippen molar-refractivity contribution in [3.05, 3.63) is 11.7 Å². The molecular formula is C15H26IN5O3. The zero-order valence-electron chi connectivity index (χ0n) is 14.4. The summed E-state index contributed by atoms with van der Waals surface area (Å²) in [5.74, 6) is 2.10. The van der Waals surface area contributed by atoms with Gasteiger partial charge in [-0.25, -0.2) is 0 Å². The van der Waals surface area contributed by atoms with Crippen molar-refractivity contribution in [2.24, 2.45) is 10.9 Å². The number of nitrogens with zero attached hydrogens (tertiary/aromatic N) is 4. The Morgan fingerprint density at radius 2 is 2.17 bits per heavy atom. The lowest BCUT2D eigenvalue weighted by Crippen LogP contribution is -2.46. The summed E-state index contributed by atoms with van der Waals surface area (Å²) in [6.07, 6.45) is 3.23. The van der Waals surface area contributed by atoms with Crippen LogP contribution in [-0.2, 0) is 16.0 Å². The molecule has 0 bridgehead atoms. The van der Waals surface area contributed by atoms with Crippen LogP contribution in [0, 0.1) is 12.8 Å². The third kappa shape index (κ3) is 5.91. The Morgan fingerprint density at radius 3 is 2.71 bits per heavy atom. The predicted octanol–water partition coefficient (Wildman–Crippen LogP) is 1.39. The summed E-state index contributed by atoms with van der Waals surface area (Å²) in [5, 5.41) is 7.12. The van der Waals surface area contributed by atoms with Crippen molar-refractivity contribution in [3.63, 3.8) is 0 Å². The minimum atomic E-state index is -0.109. The molecule has 1 fully saturated rings. The fourth-order valence-electron chi connectivity index (χ4n) is 2.71. The smallest absolute Gasteiger partial charge is 0.308 e. The van der Waals surface area contributed by atoms with Crippen molar-refractivity contribution in [3.8, 4) is 0 Å². The van der Waals surface area contributed by atoms with E-state index < -0.39 is 0 Å². The molecule has 1 saturated heterocycles. The van der Waals surface area contributed by atoms with Gasteiger partial charge in [0.15, 0.2) is 11.8 Å². The molecule has 0 unspecified atom stereocenters. The molecule has 2 rings (SSSR count). The van der Waals surface area contributed by atoms with Gasteiger partial charge in [0.2, 0.25) is 5.89 Å². The number of carbonyl (C=O) groups excluding carboxylic acids is 1. The molecular weight excluding hydrogens is 425 g/mol. The van der Waals surface area contributed by atoms with E-state index in [0.29, 0.717) is 11.7 Å². The van der Waals surface area contributed by atoms with Crippen LogP contribution in [0.3, 0.4) is 0 Å². The van der Waals surface area contributed by atoms with E-state index in [1.165, 1.54) is 7.11 Å². The molecule has 24 heavy (non-hydrogen) atoms. The number of carbonyl (C=O) groups is 1. The second-order valence-corrected chi connectivity index (χ2v) is 5.60. The van der Waals surface area contributed by atoms with E-state index in [9.17, 15) is 4.79 Å². The standard InChI is InChI=1S/C15H25N5O3.HI/c1-11-18-13(23-19-11)5-4-8-17-15(16-2)20-9-6-12(7-10-20)14(21)22-3;/h12H,4-10H2,1-3H3,(H,16,17);1H. The van der Waals surface area contributed by atoms with Crippen molar-refractivity contribution in [2.45, 2.75) is 32.6 Å². The van der Waals surface area contributed by atoms with E-state index >= 15 is 0 Å². The van der Waals surface area contributed by atoms with Crippen molar-refractivity contribution >= 4 is 35.9 Å². The minimum Gasteiger partial charge on any atom is -0.469 e. The summed E-state index contributed by atoms with van der Waals surface area (Å²) >= 11 is 0. The first-order valence-electron chi connectivity index (χ1n) is 7.96. The Kier molecular flexibility index (Phi) is 9.01. The molecule has 8 nitrogen and oxygen atoms in total. The molecule has 0 saturated carbocycles. The molecule has 1 aliphatic heterocycles. The quantitative estimate of drug-likeness (QED) is 0.238. The summed E-state index contributed by atoms with van der Waals surface area (Å²) in [7, 11) is 3.22. The molecule has 0 amide bonds. The highest BCUT2D eigenvalue weighted by Gasteiger charge is 2.26. The Hall–Kier alpha value is -1.39. The largest absolute Gasteiger partial charge is 0.469 e. The number of guanidine groups is 1. The van der Waals surface area contributed by atoms with E-state index in [0.717, 1.165) is 51.3 Å². The van der Waals surface area contributed by atoms with Crippen LogP contribution in [0.15, 0.2) is 9.52 Å². The monoisotopic (exact) mass is 451 g/mol. The van der Waals surface area contributed by atoms with E-state index in [1.807, 2.05) is 6.92 Å². The molecule has 1 aliphatic rings. The van der Waals surface area contributed by atoms with Crippen LogP contribution in [0.25, 0.3) is 0 Å². The van der Waals surface area contributed by atoms with Gasteiger partial charge in [0, 0.05) is 33.1 Å². The van der Waals surface area contributed by atoms with Crippen LogP contribution >= 0.6 is 24.0 Å². The average molecular weight is 451 g/mol. The molecule has 9 heteroatoms. The number of rotatable bonds is 5. The van der Waals surface area contributed by atoms with Gasteiger partial charge >= 0.3 is 5.97 Å². The number of aryl methyl sites for hydroxylation is 2. The van der Waals surface area contributed by atoms with Gasteiger partial charge in [0.05, 0.1) is 13.0 Å². The number of halogens is 1. The molecule has 2 heterocycles. The molecule has 1 N–H and O–H groups in total. The van der Waals surface area contributed by atoms with Gasteiger partial charge in [-0.2, -0.15) is 4.98 Å². The minimum absolute atomic E-state index is 0. The molecule has 0 spiro atoms. The fraction of sp³-hybridized carbons (Fsp3) is 0.733. The molecule has 136 valence electrons. The number of hydrogen-bond donors (Lipinski definition) is 1. The van der Waals surface area contributed by atoms with Crippen LogP contribution in [-0.4, -0.2) is 60.8 Å². The maximum Gasteiger partial charge on any atom is 0.308 e. The SMILES string of the molecule is CN=C(NCCCc1nc(C)no1)N1CCC(C(=O)OC)CC1.I. The fourth-order valence-corrected chi connectivity index (χ4v) is 2.71. The highest BCUT2D eigenvalue weighted by molar-refractivity contribution is 14.0. The molecule has 1 aromatic heterocycles. The van der Waals surface area contributed by atoms with Crippen molar-refractivity contribution in [1.29, 1.82) is 0 Å². The Morgan fingerprint density at radius 1 is 1.46 bits per heavy atom. The van der Waals surface area contributed by atoms with Crippen molar-refractivity contribution in [2.75, 3.05) is 33.8 Å². The highest BCUT2D eigenvalue weighted by atomic mass is 127. The van der Waals surface area contributed by atoms with Crippen LogP contribution in [0.1, 0.15) is 31.0 Å². The zero-order valence-corrected chi connectivity index (χ0v) is 16.8. The lowest BCUT2D eigenvalue weighted by Gasteiger charge is -2.33. The van der Waals surface area contributed by atoms with Crippen LogP contribution in [0.5, 0.6) is 0 Å². The number of hydrogen-bond acceptors (Lipinski definition) is 6. The second kappa shape index (κ2) is 10.5. The normalized spacial score (nSPS) is 15.8. The van der Waals surface area contributed by atoms with Crippen LogP contribution in [0.2, 0.25) is 0 Å². The number of esters is 1. The van der Waals surface area contributed by atoms with Gasteiger partial charge in [-0.15, -0.1) is 24.0 Å². The maximum atomic E-state index is 11.6. The first-order valence-corrected chi connectivity index (χ1v) is 7.96. The van der Waals surface area contributed by atoms with Gasteiger partial charge in [-0.05, 0) is 26.2 Å². The van der Waals surface area contributed by atoms with Gasteiger partial charge in [-0.3, -0.25) is 9.79 Å². The lowest BCUT2D eigenvalue weighted by molar-refractivity contribution is -0.146. The molecule has 0 aliphatic carbocycles. The van der Waals surface area contributed by atoms with Gasteiger partial charge in [0.25, 0.3) is 0 Å². The summed E-state index contributed by atoms with van der Waals surface area (Å²) in [4.78, 5) is 22.2. The van der Waals surface area contributed by atoms with Gasteiger partial charge in [0.1, 0.15) is 0 Å². The summed E-state index contributed by atoms with van der Waals surface area (Å²) in [6, 6.07) is 0. The number of ether oxygens (including phenoxy) is 1. The third-order valence-corrected chi connectivity index (χ3v) is 3.96. The molecule has 0 radical (unpaired) electrons. The van der Waals surface area contributed by atoms with E-state index in [-0.39, 0.29) is 35.9 Å². The van der Waals surface area contributed by atoms with Gasteiger partial charge < -0.3 is 19.5 Å². The first-order chi connectivity index (χ1) is 11.1. The molecule has 1 aromatic rings. The topological polar surface area (TPSA) is 92.9 Å². The van der Waals surface area contributed by atoms with E-state index in [2.05, 4.69) is 25.3 Å². The highest BCUT2D eigenvalue weighted by Crippen LogP contribution is 2.18. The number of nitrogens with one attached hydrogen (secondary N) is 1. The van der Waals surface area contributed by atoms with Crippen LogP contribution in [0.4, 0.5) is 0 Å². The summed E-state index contributed by atoms with van der Waals surface area (Å²) in [5.41, 5.74) is 0. The number of aromatic nitrogens is 2. The predicted molar refractivity (Wildman–Crippen MR) is 100 cm³/mol. The Balaban J connectivity index is 0.00000288. The summed E-state index contributed by atoms with van der Waals surface area (Å²) in [6.45, 7) is 4.21. The summed E-state index contributed by atoms with van der Waals surface area (Å²) < 4.78 is 9.90. The zero-order chi connectivity index (χ0) is 16.7. The first kappa shape index (κ1) is 20.7. The third-order valence-electron chi connectivity index (χ3n) is 3.96. The maximum absolute atomic E-state index is 11.6. The number of piperidine rings is 1. The molecule has 0 aromatic carbocycles. The Bertz CT molecular complexity index is 541. The van der Waals surface area contributed by atoms with Crippen LogP contribution < -0.4 is 5.32 Å². The number of likely N-dealkylation sites (tertiary alicyclic amines) is 1. The lowest BCUT2D eigenvalue weighted by atomic mass is 9.97. The molecule has 0 atom stereocenters. The number of aliphatic imine (C=N–C) groups is 1. The average Bonchev–Trinajstić information content (AvgIpc) is 3.00. The number of methoxy groups -OCH3 is 1. The van der Waals surface area contributed by atoms with Crippen molar-refractivity contribution < 1.29 is 14.1 Å². The van der Waals surface area contributed by atoms with E-state index in [4.69, 9.17) is 9.26 Å². The van der Waals surface area contributed by atoms with Gasteiger partial charge in [-0.1, -0.05) is 5.16 Å². The van der Waals surface area contributed by atoms with E-state index in [1.54, 1.807) is 7.05 Å². The van der Waals surface area contributed by atoms with Crippen molar-refractivity contribution in [1.82, 2.24) is 20.4 Å². The Labute approximate surface area is 159 Å². The second-order valence-electron chi connectivity index (χ2n) is 5.60.